The molecular formula is C19H12BrF3N2O2S. The Hall–Kier alpha value is -2.52. The molecule has 0 saturated heterocycles. The molecule has 1 aromatic heterocycles. The molecule has 0 fully saturated rings. The van der Waals surface area contributed by atoms with Crippen LogP contribution in [-0.2, 0) is 6.18 Å². The van der Waals surface area contributed by atoms with E-state index in [2.05, 4.69) is 26.5 Å². The number of nitrogens with one attached hydrogen (secondary N) is 1. The lowest BCUT2D eigenvalue weighted by Gasteiger charge is -2.07. The fourth-order valence-electron chi connectivity index (χ4n) is 2.15. The summed E-state index contributed by atoms with van der Waals surface area (Å²) in [7, 11) is 0. The number of halogens is 4. The zero-order valence-corrected chi connectivity index (χ0v) is 16.4. The van der Waals surface area contributed by atoms with Crippen molar-refractivity contribution in [1.29, 1.82) is 0 Å². The normalized spacial score (nSPS) is 11.7. The summed E-state index contributed by atoms with van der Waals surface area (Å²) in [5.41, 5.74) is 1.14. The minimum absolute atomic E-state index is 0.145. The van der Waals surface area contributed by atoms with Gasteiger partial charge in [0.2, 0.25) is 0 Å². The smallest absolute Gasteiger partial charge is 0.416 e. The fraction of sp³-hybridized carbons (Fsp3) is 0.0526. The van der Waals surface area contributed by atoms with Crippen LogP contribution in [-0.4, -0.2) is 12.1 Å². The first-order chi connectivity index (χ1) is 13.3. The van der Waals surface area contributed by atoms with E-state index in [0.717, 1.165) is 23.1 Å². The number of hydrogen-bond acceptors (Lipinski definition) is 4. The molecule has 0 spiro atoms. The van der Waals surface area contributed by atoms with Crippen molar-refractivity contribution < 1.29 is 22.4 Å². The molecule has 0 atom stereocenters. The van der Waals surface area contributed by atoms with Crippen molar-refractivity contribution in [3.8, 4) is 0 Å². The average molecular weight is 469 g/mol. The molecule has 1 N–H and O–H groups in total. The second-order valence-electron chi connectivity index (χ2n) is 5.48. The predicted molar refractivity (Wildman–Crippen MR) is 103 cm³/mol. The summed E-state index contributed by atoms with van der Waals surface area (Å²) in [6.07, 6.45) is -3.25. The summed E-state index contributed by atoms with van der Waals surface area (Å²) in [4.78, 5) is 13.0. The summed E-state index contributed by atoms with van der Waals surface area (Å²) < 4.78 is 44.5. The first kappa shape index (κ1) is 20.2. The number of alkyl halides is 3. The van der Waals surface area contributed by atoms with E-state index in [9.17, 15) is 18.0 Å². The molecule has 1 heterocycles. The van der Waals surface area contributed by atoms with Gasteiger partial charge in [-0.3, -0.25) is 4.79 Å². The van der Waals surface area contributed by atoms with Gasteiger partial charge in [0, 0.05) is 16.5 Å². The van der Waals surface area contributed by atoms with Gasteiger partial charge in [-0.15, -0.1) is 0 Å². The number of furan rings is 1. The molecule has 1 amide bonds. The summed E-state index contributed by atoms with van der Waals surface area (Å²) in [6, 6.07) is 15.4. The molecule has 0 bridgehead atoms. The van der Waals surface area contributed by atoms with Gasteiger partial charge in [0.15, 0.2) is 5.09 Å². The zero-order valence-electron chi connectivity index (χ0n) is 14.0. The summed E-state index contributed by atoms with van der Waals surface area (Å²) in [6.45, 7) is 0. The SMILES string of the molecule is O=C(N/N=C\c1cc(Br)c(Sc2ccccc2)o1)c1cccc(C(F)(F)F)c1. The first-order valence-electron chi connectivity index (χ1n) is 7.86. The van der Waals surface area contributed by atoms with Crippen LogP contribution in [0.1, 0.15) is 21.7 Å². The molecule has 0 aliphatic rings. The molecule has 28 heavy (non-hydrogen) atoms. The van der Waals surface area contributed by atoms with Crippen LogP contribution in [0.3, 0.4) is 0 Å². The Balaban J connectivity index is 1.65. The third kappa shape index (κ3) is 5.26. The van der Waals surface area contributed by atoms with Gasteiger partial charge in [0.05, 0.1) is 16.3 Å². The quantitative estimate of drug-likeness (QED) is 0.370. The van der Waals surface area contributed by atoms with Crippen LogP contribution in [0, 0.1) is 0 Å². The highest BCUT2D eigenvalue weighted by Crippen LogP contribution is 2.35. The van der Waals surface area contributed by atoms with Gasteiger partial charge in [0.1, 0.15) is 5.76 Å². The highest BCUT2D eigenvalue weighted by atomic mass is 79.9. The molecule has 0 aliphatic carbocycles. The number of amides is 1. The van der Waals surface area contributed by atoms with Gasteiger partial charge in [-0.25, -0.2) is 5.43 Å². The van der Waals surface area contributed by atoms with E-state index in [1.807, 2.05) is 30.3 Å². The monoisotopic (exact) mass is 468 g/mol. The fourth-order valence-corrected chi connectivity index (χ4v) is 3.50. The molecule has 0 radical (unpaired) electrons. The maximum atomic E-state index is 12.7. The van der Waals surface area contributed by atoms with Crippen molar-refractivity contribution >= 4 is 39.8 Å². The lowest BCUT2D eigenvalue weighted by Crippen LogP contribution is -2.18. The van der Waals surface area contributed by atoms with Crippen molar-refractivity contribution in [2.24, 2.45) is 5.10 Å². The third-order valence-electron chi connectivity index (χ3n) is 3.44. The van der Waals surface area contributed by atoms with Crippen LogP contribution in [0.4, 0.5) is 13.2 Å². The second kappa shape index (κ2) is 8.66. The number of rotatable bonds is 5. The van der Waals surface area contributed by atoms with E-state index in [4.69, 9.17) is 4.42 Å². The molecule has 3 aromatic rings. The van der Waals surface area contributed by atoms with Crippen molar-refractivity contribution in [2.45, 2.75) is 16.2 Å². The van der Waals surface area contributed by atoms with Gasteiger partial charge in [-0.05, 0) is 46.3 Å². The molecule has 3 rings (SSSR count). The summed E-state index contributed by atoms with van der Waals surface area (Å²) in [5.74, 6) is -0.387. The lowest BCUT2D eigenvalue weighted by molar-refractivity contribution is -0.137. The van der Waals surface area contributed by atoms with Gasteiger partial charge < -0.3 is 4.42 Å². The van der Waals surface area contributed by atoms with Crippen molar-refractivity contribution in [3.05, 3.63) is 82.0 Å². The molecule has 0 saturated carbocycles. The molecular weight excluding hydrogens is 457 g/mol. The van der Waals surface area contributed by atoms with Crippen LogP contribution in [0.2, 0.25) is 0 Å². The Morgan fingerprint density at radius 3 is 2.57 bits per heavy atom. The predicted octanol–water partition coefficient (Wildman–Crippen LogP) is 5.98. The Morgan fingerprint density at radius 1 is 1.11 bits per heavy atom. The Labute approximate surface area is 170 Å². The Kier molecular flexibility index (Phi) is 6.25. The molecule has 2 aromatic carbocycles. The number of hydrogen-bond donors (Lipinski definition) is 1. The highest BCUT2D eigenvalue weighted by molar-refractivity contribution is 9.10. The topological polar surface area (TPSA) is 54.6 Å². The molecule has 9 heteroatoms. The maximum Gasteiger partial charge on any atom is 0.416 e. The minimum atomic E-state index is -4.52. The summed E-state index contributed by atoms with van der Waals surface area (Å²) >= 11 is 4.80. The molecule has 144 valence electrons. The largest absolute Gasteiger partial charge is 0.447 e. The highest BCUT2D eigenvalue weighted by Gasteiger charge is 2.30. The molecule has 4 nitrogen and oxygen atoms in total. The maximum absolute atomic E-state index is 12.7. The van der Waals surface area contributed by atoms with Crippen molar-refractivity contribution in [1.82, 2.24) is 5.43 Å². The van der Waals surface area contributed by atoms with Crippen LogP contribution >= 0.6 is 27.7 Å². The van der Waals surface area contributed by atoms with E-state index in [1.54, 1.807) is 6.07 Å². The van der Waals surface area contributed by atoms with Crippen LogP contribution in [0.25, 0.3) is 0 Å². The number of carbonyl (C=O) groups excluding carboxylic acids is 1. The van der Waals surface area contributed by atoms with Gasteiger partial charge in [-0.2, -0.15) is 18.3 Å². The van der Waals surface area contributed by atoms with E-state index in [-0.39, 0.29) is 5.56 Å². The Bertz CT molecular complexity index is 1000. The Morgan fingerprint density at radius 2 is 1.86 bits per heavy atom. The van der Waals surface area contributed by atoms with Gasteiger partial charge >= 0.3 is 6.18 Å². The van der Waals surface area contributed by atoms with Gasteiger partial charge in [-0.1, -0.05) is 36.0 Å². The van der Waals surface area contributed by atoms with E-state index in [1.165, 1.54) is 24.0 Å². The van der Waals surface area contributed by atoms with E-state index < -0.39 is 17.6 Å². The second-order valence-corrected chi connectivity index (χ2v) is 7.38. The standard InChI is InChI=1S/C19H12BrF3N2O2S/c20-16-10-14(27-18(16)28-15-7-2-1-3-8-15)11-24-25-17(26)12-5-4-6-13(9-12)19(21,22)23/h1-11H,(H,25,26)/b24-11-. The lowest BCUT2D eigenvalue weighted by atomic mass is 10.1. The third-order valence-corrected chi connectivity index (χ3v) is 5.29. The van der Waals surface area contributed by atoms with Crippen LogP contribution in [0.15, 0.2) is 84.6 Å². The average Bonchev–Trinajstić information content (AvgIpc) is 3.01. The number of hydrazone groups is 1. The summed E-state index contributed by atoms with van der Waals surface area (Å²) in [5, 5.41) is 4.35. The van der Waals surface area contributed by atoms with Crippen molar-refractivity contribution in [3.63, 3.8) is 0 Å². The van der Waals surface area contributed by atoms with Gasteiger partial charge in [0.25, 0.3) is 5.91 Å². The number of benzene rings is 2. The first-order valence-corrected chi connectivity index (χ1v) is 9.47. The molecule has 0 unspecified atom stereocenters. The minimum Gasteiger partial charge on any atom is -0.447 e. The van der Waals surface area contributed by atoms with Crippen LogP contribution < -0.4 is 5.43 Å². The van der Waals surface area contributed by atoms with Crippen LogP contribution in [0.5, 0.6) is 0 Å². The molecule has 0 aliphatic heterocycles. The van der Waals surface area contributed by atoms with E-state index >= 15 is 0 Å². The zero-order chi connectivity index (χ0) is 20.1. The van der Waals surface area contributed by atoms with Crippen molar-refractivity contribution in [2.75, 3.05) is 0 Å². The van der Waals surface area contributed by atoms with E-state index in [0.29, 0.717) is 15.3 Å². The number of nitrogens with zero attached hydrogens (tertiary/aromatic N) is 1. The number of carbonyl (C=O) groups is 1.